The molecule has 0 N–H and O–H groups in total. The van der Waals surface area contributed by atoms with Crippen LogP contribution in [0, 0.1) is 0 Å². The lowest BCUT2D eigenvalue weighted by atomic mass is 9.92. The molecule has 1 atom stereocenters. The van der Waals surface area contributed by atoms with Gasteiger partial charge in [-0.3, -0.25) is 9.69 Å². The number of aryl methyl sites for hydroxylation is 2. The molecule has 4 aliphatic rings. The van der Waals surface area contributed by atoms with Crippen molar-refractivity contribution in [3.05, 3.63) is 29.3 Å². The number of nitrogens with zero attached hydrogens (tertiary/aromatic N) is 3. The molecule has 1 saturated carbocycles. The van der Waals surface area contributed by atoms with Crippen LogP contribution >= 0.6 is 0 Å². The van der Waals surface area contributed by atoms with Crippen molar-refractivity contribution in [1.29, 1.82) is 0 Å². The van der Waals surface area contributed by atoms with Crippen LogP contribution in [0.3, 0.4) is 0 Å². The Balaban J connectivity index is 1.20. The van der Waals surface area contributed by atoms with Crippen molar-refractivity contribution < 1.29 is 21.6 Å². The predicted molar refractivity (Wildman–Crippen MR) is 125 cm³/mol. The van der Waals surface area contributed by atoms with Gasteiger partial charge in [0.05, 0.1) is 22.9 Å². The number of sulfonamides is 1. The largest absolute Gasteiger partial charge is 0.335 e. The summed E-state index contributed by atoms with van der Waals surface area (Å²) >= 11 is 0. The number of benzene rings is 1. The number of piperazine rings is 1. The zero-order valence-corrected chi connectivity index (χ0v) is 20.6. The molecule has 0 unspecified atom stereocenters. The predicted octanol–water partition coefficient (Wildman–Crippen LogP) is 1.05. The molecule has 8 nitrogen and oxygen atoms in total. The first-order valence-electron chi connectivity index (χ1n) is 12.1. The Kier molecular flexibility index (Phi) is 6.30. The third-order valence-electron chi connectivity index (χ3n) is 7.48. The zero-order chi connectivity index (χ0) is 23.2. The van der Waals surface area contributed by atoms with Gasteiger partial charge >= 0.3 is 0 Å². The average Bonchev–Trinajstić information content (AvgIpc) is 3.56. The van der Waals surface area contributed by atoms with E-state index < -0.39 is 19.9 Å². The van der Waals surface area contributed by atoms with Crippen LogP contribution in [0.15, 0.2) is 23.1 Å². The number of hydrogen-bond acceptors (Lipinski definition) is 6. The quantitative estimate of drug-likeness (QED) is 0.586. The molecule has 3 fully saturated rings. The fourth-order valence-electron chi connectivity index (χ4n) is 5.47. The Morgan fingerprint density at radius 1 is 0.970 bits per heavy atom. The Morgan fingerprint density at radius 2 is 1.67 bits per heavy atom. The van der Waals surface area contributed by atoms with Crippen LogP contribution in [0.25, 0.3) is 0 Å². The van der Waals surface area contributed by atoms with Gasteiger partial charge in [-0.05, 0) is 68.2 Å². The maximum Gasteiger partial charge on any atom is 0.243 e. The van der Waals surface area contributed by atoms with E-state index in [2.05, 4.69) is 0 Å². The molecule has 33 heavy (non-hydrogen) atoms. The third kappa shape index (κ3) is 4.99. The lowest BCUT2D eigenvalue weighted by Crippen LogP contribution is -2.53. The molecular weight excluding hydrogens is 462 g/mol. The molecule has 0 radical (unpaired) electrons. The summed E-state index contributed by atoms with van der Waals surface area (Å²) in [5.41, 5.74) is 2.42. The van der Waals surface area contributed by atoms with Crippen molar-refractivity contribution in [2.75, 3.05) is 44.2 Å². The molecule has 0 spiro atoms. The first kappa shape index (κ1) is 23.3. The van der Waals surface area contributed by atoms with E-state index >= 15 is 0 Å². The van der Waals surface area contributed by atoms with Gasteiger partial charge in [-0.15, -0.1) is 0 Å². The van der Waals surface area contributed by atoms with Gasteiger partial charge in [0.1, 0.15) is 0 Å². The summed E-state index contributed by atoms with van der Waals surface area (Å²) in [6.07, 6.45) is 6.63. The number of fused-ring (bicyclic) bond motifs is 1. The van der Waals surface area contributed by atoms with Crippen LogP contribution in [0.5, 0.6) is 0 Å². The van der Waals surface area contributed by atoms with E-state index in [0.29, 0.717) is 37.5 Å². The van der Waals surface area contributed by atoms with E-state index in [9.17, 15) is 21.6 Å². The van der Waals surface area contributed by atoms with Crippen LogP contribution in [-0.4, -0.2) is 93.2 Å². The van der Waals surface area contributed by atoms with E-state index in [1.54, 1.807) is 6.07 Å². The van der Waals surface area contributed by atoms with Crippen molar-refractivity contribution in [2.24, 2.45) is 0 Å². The number of carbonyl (C=O) groups excluding carboxylic acids is 1. The fourth-order valence-corrected chi connectivity index (χ4v) is 8.66. The SMILES string of the molecule is O=C(CN1CCN(S(=O)(=O)c2ccc3c(c2)CCCC3)CC1)N(C1CC1)[C@H]1CCS(=O)(=O)C1. The minimum absolute atomic E-state index is 0.0226. The Bertz CT molecular complexity index is 1120. The normalized spacial score (nSPS) is 26.1. The molecule has 5 rings (SSSR count). The summed E-state index contributed by atoms with van der Waals surface area (Å²) in [6.45, 7) is 1.93. The second kappa shape index (κ2) is 8.94. The van der Waals surface area contributed by atoms with Crippen molar-refractivity contribution in [3.8, 4) is 0 Å². The third-order valence-corrected chi connectivity index (χ3v) is 11.1. The smallest absolute Gasteiger partial charge is 0.243 e. The fraction of sp³-hybridized carbons (Fsp3) is 0.696. The highest BCUT2D eigenvalue weighted by Gasteiger charge is 2.42. The van der Waals surface area contributed by atoms with Crippen molar-refractivity contribution in [2.45, 2.75) is 61.9 Å². The molecule has 1 aromatic rings. The lowest BCUT2D eigenvalue weighted by molar-refractivity contribution is -0.135. The molecule has 2 saturated heterocycles. The van der Waals surface area contributed by atoms with Crippen molar-refractivity contribution in [3.63, 3.8) is 0 Å². The molecule has 2 heterocycles. The second-order valence-electron chi connectivity index (χ2n) is 9.91. The van der Waals surface area contributed by atoms with Crippen LogP contribution in [0.2, 0.25) is 0 Å². The maximum absolute atomic E-state index is 13.2. The summed E-state index contributed by atoms with van der Waals surface area (Å²) in [7, 11) is -6.60. The Labute approximate surface area is 196 Å². The number of rotatable bonds is 6. The molecule has 0 bridgehead atoms. The number of hydrogen-bond donors (Lipinski definition) is 0. The number of sulfone groups is 1. The van der Waals surface area contributed by atoms with Crippen molar-refractivity contribution >= 4 is 25.8 Å². The van der Waals surface area contributed by atoms with Gasteiger partial charge in [0.15, 0.2) is 9.84 Å². The zero-order valence-electron chi connectivity index (χ0n) is 19.0. The first-order chi connectivity index (χ1) is 15.7. The number of amides is 1. The molecule has 1 amide bonds. The maximum atomic E-state index is 13.2. The van der Waals surface area contributed by atoms with Gasteiger partial charge in [0.2, 0.25) is 15.9 Å². The molecular formula is C23H33N3O5S2. The summed E-state index contributed by atoms with van der Waals surface area (Å²) in [6, 6.07) is 5.51. The topological polar surface area (TPSA) is 95.1 Å². The monoisotopic (exact) mass is 495 g/mol. The van der Waals surface area contributed by atoms with Crippen molar-refractivity contribution in [1.82, 2.24) is 14.1 Å². The van der Waals surface area contributed by atoms with E-state index in [1.807, 2.05) is 21.9 Å². The van der Waals surface area contributed by atoms with Gasteiger partial charge in [0, 0.05) is 38.3 Å². The van der Waals surface area contributed by atoms with Gasteiger partial charge in [0.25, 0.3) is 0 Å². The lowest BCUT2D eigenvalue weighted by Gasteiger charge is -2.36. The molecule has 1 aromatic carbocycles. The van der Waals surface area contributed by atoms with Gasteiger partial charge in [-0.25, -0.2) is 16.8 Å². The molecule has 2 aliphatic carbocycles. The Hall–Kier alpha value is -1.49. The highest BCUT2D eigenvalue weighted by molar-refractivity contribution is 7.91. The van der Waals surface area contributed by atoms with Crippen LogP contribution < -0.4 is 0 Å². The average molecular weight is 496 g/mol. The molecule has 0 aromatic heterocycles. The highest BCUT2D eigenvalue weighted by Crippen LogP contribution is 2.32. The number of carbonyl (C=O) groups is 1. The molecule has 10 heteroatoms. The molecule has 182 valence electrons. The summed E-state index contributed by atoms with van der Waals surface area (Å²) in [5.74, 6) is 0.209. The summed E-state index contributed by atoms with van der Waals surface area (Å²) in [4.78, 5) is 17.3. The van der Waals surface area contributed by atoms with Crippen LogP contribution in [0.4, 0.5) is 0 Å². The highest BCUT2D eigenvalue weighted by atomic mass is 32.2. The summed E-state index contributed by atoms with van der Waals surface area (Å²) < 4.78 is 51.8. The van der Waals surface area contributed by atoms with Gasteiger partial charge < -0.3 is 4.90 Å². The molecule has 2 aliphatic heterocycles. The van der Waals surface area contributed by atoms with Gasteiger partial charge in [-0.2, -0.15) is 4.31 Å². The standard InChI is InChI=1S/C23H33N3O5S2/c27-23(26(20-6-7-20)21-9-14-32(28,29)17-21)16-24-10-12-25(13-11-24)33(30,31)22-8-5-18-3-1-2-4-19(18)15-22/h5,8,15,20-21H,1-4,6-7,9-14,16-17H2/t21-/m0/s1. The summed E-state index contributed by atoms with van der Waals surface area (Å²) in [5, 5.41) is 0. The van der Waals surface area contributed by atoms with E-state index in [1.165, 1.54) is 9.87 Å². The van der Waals surface area contributed by atoms with Crippen LogP contribution in [-0.2, 0) is 37.5 Å². The minimum Gasteiger partial charge on any atom is -0.335 e. The van der Waals surface area contributed by atoms with Crippen LogP contribution in [0.1, 0.15) is 43.2 Å². The van der Waals surface area contributed by atoms with E-state index in [-0.39, 0.29) is 36.0 Å². The van der Waals surface area contributed by atoms with E-state index in [4.69, 9.17) is 0 Å². The van der Waals surface area contributed by atoms with E-state index in [0.717, 1.165) is 44.1 Å². The first-order valence-corrected chi connectivity index (χ1v) is 15.3. The van der Waals surface area contributed by atoms with Gasteiger partial charge in [-0.1, -0.05) is 6.07 Å². The Morgan fingerprint density at radius 3 is 2.30 bits per heavy atom. The second-order valence-corrected chi connectivity index (χ2v) is 14.1. The minimum atomic E-state index is -3.55.